The lowest BCUT2D eigenvalue weighted by molar-refractivity contribution is -0.384. The highest BCUT2D eigenvalue weighted by Crippen LogP contribution is 2.29. The van der Waals surface area contributed by atoms with Crippen molar-refractivity contribution in [2.45, 2.75) is 39.7 Å². The molecule has 5 nitrogen and oxygen atoms in total. The van der Waals surface area contributed by atoms with Crippen LogP contribution in [0, 0.1) is 22.0 Å². The van der Waals surface area contributed by atoms with Crippen LogP contribution in [-0.2, 0) is 6.54 Å². The van der Waals surface area contributed by atoms with Crippen LogP contribution >= 0.6 is 0 Å². The van der Waals surface area contributed by atoms with Crippen LogP contribution in [-0.4, -0.2) is 18.1 Å². The average Bonchev–Trinajstić information content (AvgIpc) is 2.37. The van der Waals surface area contributed by atoms with E-state index in [0.717, 1.165) is 24.5 Å². The van der Waals surface area contributed by atoms with Crippen molar-refractivity contribution >= 4 is 5.69 Å². The monoisotopic (exact) mass is 292 g/mol. The van der Waals surface area contributed by atoms with Crippen molar-refractivity contribution in [1.29, 1.82) is 0 Å². The minimum atomic E-state index is -0.359. The molecule has 0 aromatic heterocycles. The van der Waals surface area contributed by atoms with E-state index in [9.17, 15) is 10.1 Å². The maximum atomic E-state index is 10.9. The molecule has 0 unspecified atom stereocenters. The van der Waals surface area contributed by atoms with Gasteiger partial charge in [-0.2, -0.15) is 0 Å². The molecule has 0 bridgehead atoms. The van der Waals surface area contributed by atoms with Crippen LogP contribution in [0.5, 0.6) is 5.75 Å². The van der Waals surface area contributed by atoms with E-state index in [0.29, 0.717) is 18.4 Å². The predicted molar refractivity (Wildman–Crippen MR) is 82.5 cm³/mol. The van der Waals surface area contributed by atoms with E-state index < -0.39 is 0 Å². The van der Waals surface area contributed by atoms with Crippen molar-refractivity contribution in [2.24, 2.45) is 11.8 Å². The normalized spacial score (nSPS) is 15.0. The SMILES string of the molecule is CC(C)CNCc1cc([N+](=O)[O-])ccc1OCC1CCC1. The Morgan fingerprint density at radius 1 is 1.43 bits per heavy atom. The highest BCUT2D eigenvalue weighted by Gasteiger charge is 2.19. The Morgan fingerprint density at radius 3 is 2.76 bits per heavy atom. The molecule has 0 atom stereocenters. The van der Waals surface area contributed by atoms with Crippen molar-refractivity contribution in [1.82, 2.24) is 5.32 Å². The number of nitrogens with one attached hydrogen (secondary N) is 1. The number of nitrogens with zero attached hydrogens (tertiary/aromatic N) is 1. The molecular formula is C16H24N2O3. The van der Waals surface area contributed by atoms with Gasteiger partial charge < -0.3 is 10.1 Å². The van der Waals surface area contributed by atoms with Crippen molar-refractivity contribution in [2.75, 3.05) is 13.2 Å². The maximum Gasteiger partial charge on any atom is 0.270 e. The lowest BCUT2D eigenvalue weighted by Gasteiger charge is -2.25. The third-order valence-electron chi connectivity index (χ3n) is 3.82. The van der Waals surface area contributed by atoms with Crippen LogP contribution in [0.25, 0.3) is 0 Å². The summed E-state index contributed by atoms with van der Waals surface area (Å²) < 4.78 is 5.87. The van der Waals surface area contributed by atoms with Gasteiger partial charge in [0, 0.05) is 24.2 Å². The molecule has 21 heavy (non-hydrogen) atoms. The molecule has 0 saturated heterocycles. The molecule has 116 valence electrons. The second kappa shape index (κ2) is 7.41. The van der Waals surface area contributed by atoms with Crippen LogP contribution < -0.4 is 10.1 Å². The van der Waals surface area contributed by atoms with Crippen LogP contribution in [0.3, 0.4) is 0 Å². The minimum absolute atomic E-state index is 0.118. The summed E-state index contributed by atoms with van der Waals surface area (Å²) in [5.41, 5.74) is 0.983. The molecule has 1 saturated carbocycles. The van der Waals surface area contributed by atoms with E-state index in [1.165, 1.54) is 25.3 Å². The second-order valence-electron chi connectivity index (χ2n) is 6.18. The van der Waals surface area contributed by atoms with Gasteiger partial charge in [-0.3, -0.25) is 10.1 Å². The van der Waals surface area contributed by atoms with E-state index in [4.69, 9.17) is 4.74 Å². The summed E-state index contributed by atoms with van der Waals surface area (Å²) in [6, 6.07) is 4.86. The molecule has 1 aliphatic rings. The Morgan fingerprint density at radius 2 is 2.19 bits per heavy atom. The number of non-ortho nitro benzene ring substituents is 1. The second-order valence-corrected chi connectivity index (χ2v) is 6.18. The fourth-order valence-electron chi connectivity index (χ4n) is 2.32. The Balaban J connectivity index is 2.02. The minimum Gasteiger partial charge on any atom is -0.493 e. The molecule has 5 heteroatoms. The van der Waals surface area contributed by atoms with Crippen molar-refractivity contribution < 1.29 is 9.66 Å². The number of rotatable bonds is 8. The number of nitro benzene ring substituents is 1. The molecule has 1 N–H and O–H groups in total. The van der Waals surface area contributed by atoms with Gasteiger partial charge in [-0.25, -0.2) is 0 Å². The summed E-state index contributed by atoms with van der Waals surface area (Å²) in [5, 5.41) is 14.2. The molecule has 1 aromatic rings. The first kappa shape index (κ1) is 15.8. The fraction of sp³-hybridized carbons (Fsp3) is 0.625. The van der Waals surface area contributed by atoms with Gasteiger partial charge >= 0.3 is 0 Å². The fourth-order valence-corrected chi connectivity index (χ4v) is 2.32. The van der Waals surface area contributed by atoms with Gasteiger partial charge in [0.2, 0.25) is 0 Å². The smallest absolute Gasteiger partial charge is 0.270 e. The average molecular weight is 292 g/mol. The molecular weight excluding hydrogens is 268 g/mol. The first-order valence-corrected chi connectivity index (χ1v) is 7.67. The topological polar surface area (TPSA) is 64.4 Å². The van der Waals surface area contributed by atoms with E-state index in [1.807, 2.05) is 0 Å². The maximum absolute atomic E-state index is 10.9. The van der Waals surface area contributed by atoms with Gasteiger partial charge in [0.1, 0.15) is 5.75 Å². The molecule has 0 heterocycles. The Labute approximate surface area is 125 Å². The van der Waals surface area contributed by atoms with Gasteiger partial charge in [0.15, 0.2) is 0 Å². The zero-order valence-corrected chi connectivity index (χ0v) is 12.8. The van der Waals surface area contributed by atoms with Gasteiger partial charge in [-0.1, -0.05) is 20.3 Å². The Hall–Kier alpha value is -1.62. The van der Waals surface area contributed by atoms with Crippen LogP contribution in [0.2, 0.25) is 0 Å². The summed E-state index contributed by atoms with van der Waals surface area (Å²) in [5.74, 6) is 1.96. The first-order valence-electron chi connectivity index (χ1n) is 7.67. The number of hydrogen-bond acceptors (Lipinski definition) is 4. The zero-order valence-electron chi connectivity index (χ0n) is 12.8. The van der Waals surface area contributed by atoms with Gasteiger partial charge in [0.05, 0.1) is 11.5 Å². The number of nitro groups is 1. The van der Waals surface area contributed by atoms with E-state index >= 15 is 0 Å². The quantitative estimate of drug-likeness (QED) is 0.588. The van der Waals surface area contributed by atoms with E-state index in [-0.39, 0.29) is 10.6 Å². The highest BCUT2D eigenvalue weighted by atomic mass is 16.6. The summed E-state index contributed by atoms with van der Waals surface area (Å²) in [6.45, 7) is 6.46. The molecule has 1 fully saturated rings. The largest absolute Gasteiger partial charge is 0.493 e. The van der Waals surface area contributed by atoms with Gasteiger partial charge in [0.25, 0.3) is 5.69 Å². The molecule has 0 spiro atoms. The lowest BCUT2D eigenvalue weighted by Crippen LogP contribution is -2.21. The van der Waals surface area contributed by atoms with E-state index in [1.54, 1.807) is 12.1 Å². The third kappa shape index (κ3) is 4.70. The van der Waals surface area contributed by atoms with Gasteiger partial charge in [-0.05, 0) is 37.3 Å². The lowest BCUT2D eigenvalue weighted by atomic mass is 9.86. The summed E-state index contributed by atoms with van der Waals surface area (Å²) in [7, 11) is 0. The van der Waals surface area contributed by atoms with Crippen LogP contribution in [0.15, 0.2) is 18.2 Å². The number of ether oxygens (including phenoxy) is 1. The summed E-state index contributed by atoms with van der Waals surface area (Å²) in [4.78, 5) is 10.6. The van der Waals surface area contributed by atoms with Crippen LogP contribution in [0.1, 0.15) is 38.7 Å². The Bertz CT molecular complexity index is 484. The highest BCUT2D eigenvalue weighted by molar-refractivity contribution is 5.43. The summed E-state index contributed by atoms with van der Waals surface area (Å²) in [6.07, 6.45) is 3.75. The molecule has 0 radical (unpaired) electrons. The molecule has 0 amide bonds. The first-order chi connectivity index (χ1) is 10.1. The molecule has 2 rings (SSSR count). The van der Waals surface area contributed by atoms with Crippen molar-refractivity contribution in [3.05, 3.63) is 33.9 Å². The van der Waals surface area contributed by atoms with Gasteiger partial charge in [-0.15, -0.1) is 0 Å². The number of hydrogen-bond donors (Lipinski definition) is 1. The summed E-state index contributed by atoms with van der Waals surface area (Å²) >= 11 is 0. The molecule has 1 aromatic carbocycles. The molecule has 0 aliphatic heterocycles. The Kier molecular flexibility index (Phi) is 5.56. The van der Waals surface area contributed by atoms with E-state index in [2.05, 4.69) is 19.2 Å². The predicted octanol–water partition coefficient (Wildman–Crippen LogP) is 3.52. The van der Waals surface area contributed by atoms with Crippen molar-refractivity contribution in [3.63, 3.8) is 0 Å². The molecule has 1 aliphatic carbocycles. The van der Waals surface area contributed by atoms with Crippen molar-refractivity contribution in [3.8, 4) is 5.75 Å². The standard InChI is InChI=1S/C16H24N2O3/c1-12(2)9-17-10-14-8-15(18(19)20)6-7-16(14)21-11-13-4-3-5-13/h6-8,12-13,17H,3-5,9-11H2,1-2H3. The zero-order chi connectivity index (χ0) is 15.2. The third-order valence-corrected chi connectivity index (χ3v) is 3.82. The number of benzene rings is 1. The van der Waals surface area contributed by atoms with Crippen LogP contribution in [0.4, 0.5) is 5.69 Å².